The van der Waals surface area contributed by atoms with E-state index in [1.54, 1.807) is 18.7 Å². The lowest BCUT2D eigenvalue weighted by atomic mass is 9.90. The third-order valence-electron chi connectivity index (χ3n) is 7.95. The van der Waals surface area contributed by atoms with E-state index in [-0.39, 0.29) is 93.8 Å². The highest BCUT2D eigenvalue weighted by molar-refractivity contribution is 7.98. The topological polar surface area (TPSA) is 332 Å². The third-order valence-corrected chi connectivity index (χ3v) is 8.78. The molecule has 19 heteroatoms. The first-order chi connectivity index (χ1) is 24.0. The first-order valence-corrected chi connectivity index (χ1v) is 18.4. The summed E-state index contributed by atoms with van der Waals surface area (Å²) in [4.78, 5) is 89.9. The quantitative estimate of drug-likeness (QED) is 0.0244. The number of rotatable bonds is 28. The fourth-order valence-electron chi connectivity index (χ4n) is 5.08. The fourth-order valence-corrected chi connectivity index (χ4v) is 5.77. The van der Waals surface area contributed by atoms with Gasteiger partial charge >= 0.3 is 0 Å². The zero-order chi connectivity index (χ0) is 38.9. The molecule has 0 aromatic heterocycles. The molecule has 0 spiro atoms. The number of aliphatic imine (C=N–C) groups is 3. The van der Waals surface area contributed by atoms with Gasteiger partial charge in [0.2, 0.25) is 17.7 Å². The number of thioether (sulfide) groups is 1. The summed E-state index contributed by atoms with van der Waals surface area (Å²) in [7, 11) is 1.46. The zero-order valence-electron chi connectivity index (χ0n) is 30.4. The molecule has 0 unspecified atom stereocenters. The molecule has 15 N–H and O–H groups in total. The van der Waals surface area contributed by atoms with E-state index in [1.807, 2.05) is 13.2 Å². The second-order valence-electron chi connectivity index (χ2n) is 12.5. The normalized spacial score (nSPS) is 13.6. The second kappa shape index (κ2) is 26.4. The van der Waals surface area contributed by atoms with Gasteiger partial charge in [-0.25, -0.2) is 0 Å². The molecule has 0 aromatic rings. The summed E-state index contributed by atoms with van der Waals surface area (Å²) in [5.74, 6) is -4.32. The van der Waals surface area contributed by atoms with E-state index in [1.165, 1.54) is 7.05 Å². The smallest absolute Gasteiger partial charge is 0.224 e. The SMILES string of the molecule is CNC(=O)[C@@H](CCCN=C(N)N)CC(=O)[C@@H](CCCN=C(N)N)NC(=O)[C@@H](CCCN=C(N)N)CC(=O)CNC(=O)[C@H](C)CC(=O)[C@@H](C)CSC. The minimum Gasteiger partial charge on any atom is -0.370 e. The van der Waals surface area contributed by atoms with Crippen molar-refractivity contribution in [2.75, 3.05) is 45.2 Å². The largest absolute Gasteiger partial charge is 0.370 e. The summed E-state index contributed by atoms with van der Waals surface area (Å²) in [6, 6.07) is -1.02. The molecule has 0 radical (unpaired) electrons. The number of amides is 3. The van der Waals surface area contributed by atoms with Crippen molar-refractivity contribution < 1.29 is 28.8 Å². The predicted molar refractivity (Wildman–Crippen MR) is 201 cm³/mol. The van der Waals surface area contributed by atoms with E-state index < -0.39 is 47.2 Å². The Balaban J connectivity index is 5.86. The number of carbonyl (C=O) groups is 6. The Kier molecular flexibility index (Phi) is 24.1. The first kappa shape index (κ1) is 46.6. The van der Waals surface area contributed by atoms with Gasteiger partial charge in [-0.2, -0.15) is 11.8 Å². The van der Waals surface area contributed by atoms with Gasteiger partial charge in [0.05, 0.1) is 12.6 Å². The lowest BCUT2D eigenvalue weighted by molar-refractivity contribution is -0.134. The van der Waals surface area contributed by atoms with Crippen molar-refractivity contribution in [3.05, 3.63) is 0 Å². The van der Waals surface area contributed by atoms with Gasteiger partial charge in [-0.15, -0.1) is 0 Å². The number of nitrogens with one attached hydrogen (secondary N) is 3. The summed E-state index contributed by atoms with van der Waals surface area (Å²) >= 11 is 1.55. The lowest BCUT2D eigenvalue weighted by Crippen LogP contribution is -2.46. The number of Topliss-reactive ketones (excluding diaryl/α,β-unsaturated/α-hetero) is 3. The first-order valence-electron chi connectivity index (χ1n) is 17.0. The Morgan fingerprint density at radius 2 is 1.12 bits per heavy atom. The van der Waals surface area contributed by atoms with Crippen molar-refractivity contribution >= 4 is 64.7 Å². The van der Waals surface area contributed by atoms with Crippen LogP contribution < -0.4 is 50.4 Å². The lowest BCUT2D eigenvalue weighted by Gasteiger charge is -2.24. The van der Waals surface area contributed by atoms with Gasteiger partial charge in [0.15, 0.2) is 29.4 Å². The van der Waals surface area contributed by atoms with Crippen LogP contribution in [0.4, 0.5) is 0 Å². The van der Waals surface area contributed by atoms with Gasteiger partial charge in [-0.3, -0.25) is 43.7 Å². The number of guanidine groups is 3. The number of hydrogen-bond donors (Lipinski definition) is 9. The van der Waals surface area contributed by atoms with E-state index in [9.17, 15) is 28.8 Å². The molecule has 0 saturated carbocycles. The third kappa shape index (κ3) is 22.1. The molecular formula is C32H60N12O6S. The van der Waals surface area contributed by atoms with Crippen LogP contribution in [0.2, 0.25) is 0 Å². The van der Waals surface area contributed by atoms with E-state index in [4.69, 9.17) is 34.4 Å². The molecule has 290 valence electrons. The summed E-state index contributed by atoms with van der Waals surface area (Å²) < 4.78 is 0. The Morgan fingerprint density at radius 1 is 0.627 bits per heavy atom. The van der Waals surface area contributed by atoms with Crippen molar-refractivity contribution in [2.24, 2.45) is 73.1 Å². The molecule has 0 aromatic carbocycles. The predicted octanol–water partition coefficient (Wildman–Crippen LogP) is -1.76. The van der Waals surface area contributed by atoms with Crippen LogP contribution >= 0.6 is 11.8 Å². The maximum absolute atomic E-state index is 13.7. The molecule has 0 heterocycles. The number of carbonyl (C=O) groups excluding carboxylic acids is 6. The molecule has 5 atom stereocenters. The highest BCUT2D eigenvalue weighted by Crippen LogP contribution is 2.18. The van der Waals surface area contributed by atoms with Crippen LogP contribution in [0.3, 0.4) is 0 Å². The number of ketones is 3. The fraction of sp³-hybridized carbons (Fsp3) is 0.719. The molecule has 0 aliphatic carbocycles. The molecular weight excluding hydrogens is 680 g/mol. The van der Waals surface area contributed by atoms with Crippen LogP contribution in [0.25, 0.3) is 0 Å². The van der Waals surface area contributed by atoms with Gasteiger partial charge < -0.3 is 50.4 Å². The van der Waals surface area contributed by atoms with Gasteiger partial charge in [0, 0.05) is 75.4 Å². The average molecular weight is 741 g/mol. The Bertz CT molecular complexity index is 1230. The maximum Gasteiger partial charge on any atom is 0.224 e. The average Bonchev–Trinajstić information content (AvgIpc) is 3.06. The molecule has 0 saturated heterocycles. The Hall–Kier alpha value is -4.42. The summed E-state index contributed by atoms with van der Waals surface area (Å²) in [6.07, 6.45) is 3.32. The molecule has 51 heavy (non-hydrogen) atoms. The molecule has 3 amide bonds. The van der Waals surface area contributed by atoms with Crippen molar-refractivity contribution in [3.63, 3.8) is 0 Å². The molecule has 0 fully saturated rings. The van der Waals surface area contributed by atoms with Crippen molar-refractivity contribution in [3.8, 4) is 0 Å². The maximum atomic E-state index is 13.7. The van der Waals surface area contributed by atoms with E-state index >= 15 is 0 Å². The highest BCUT2D eigenvalue weighted by Gasteiger charge is 2.30. The van der Waals surface area contributed by atoms with Crippen LogP contribution in [0, 0.1) is 23.7 Å². The molecule has 0 rings (SSSR count). The van der Waals surface area contributed by atoms with Crippen molar-refractivity contribution in [1.82, 2.24) is 16.0 Å². The Morgan fingerprint density at radius 3 is 1.59 bits per heavy atom. The van der Waals surface area contributed by atoms with Gasteiger partial charge in [-0.05, 0) is 44.8 Å². The van der Waals surface area contributed by atoms with Crippen LogP contribution in [-0.2, 0) is 28.8 Å². The standard InChI is InChI=1S/C32H60N12O6S/c1-19(14-25(46)20(2)18-51-4)27(48)43-17-23(45)15-21(8-5-11-40-30(33)34)29(50)44-24(10-7-13-42-32(37)38)26(47)16-22(28(49)39-3)9-6-12-41-31(35)36/h19-22,24H,5-18H2,1-4H3,(H,39,49)(H,43,48)(H,44,50)(H4,33,34,40)(H4,35,36,41)(H4,37,38,42)/t19-,20+,21+,22+,24-/m1/s1. The number of hydrogen-bond acceptors (Lipinski definition) is 10. The second-order valence-corrected chi connectivity index (χ2v) is 13.4. The van der Waals surface area contributed by atoms with Crippen LogP contribution in [0.15, 0.2) is 15.0 Å². The minimum atomic E-state index is -1.02. The van der Waals surface area contributed by atoms with Crippen LogP contribution in [-0.4, -0.2) is 104 Å². The monoisotopic (exact) mass is 740 g/mol. The molecule has 0 aliphatic heterocycles. The zero-order valence-corrected chi connectivity index (χ0v) is 31.3. The van der Waals surface area contributed by atoms with E-state index in [2.05, 4.69) is 30.9 Å². The van der Waals surface area contributed by atoms with Crippen molar-refractivity contribution in [2.45, 2.75) is 77.7 Å². The number of nitrogens with two attached hydrogens (primary N) is 6. The molecule has 0 aliphatic rings. The Labute approximate surface area is 305 Å². The number of nitrogens with zero attached hydrogens (tertiary/aromatic N) is 3. The summed E-state index contributed by atoms with van der Waals surface area (Å²) in [5.41, 5.74) is 32.5. The van der Waals surface area contributed by atoms with Gasteiger partial charge in [-0.1, -0.05) is 13.8 Å². The molecule has 18 nitrogen and oxygen atoms in total. The van der Waals surface area contributed by atoms with E-state index in [0.29, 0.717) is 31.4 Å². The van der Waals surface area contributed by atoms with Gasteiger partial charge in [0.1, 0.15) is 5.78 Å². The van der Waals surface area contributed by atoms with Crippen molar-refractivity contribution in [1.29, 1.82) is 0 Å². The molecule has 0 bridgehead atoms. The van der Waals surface area contributed by atoms with Gasteiger partial charge in [0.25, 0.3) is 0 Å². The van der Waals surface area contributed by atoms with E-state index in [0.717, 1.165) is 0 Å². The van der Waals surface area contributed by atoms with Crippen LogP contribution in [0.5, 0.6) is 0 Å². The summed E-state index contributed by atoms with van der Waals surface area (Å²) in [5, 5.41) is 7.92. The summed E-state index contributed by atoms with van der Waals surface area (Å²) in [6.45, 7) is 3.75. The van der Waals surface area contributed by atoms with Crippen LogP contribution in [0.1, 0.15) is 71.6 Å². The minimum absolute atomic E-state index is 0.0363. The highest BCUT2D eigenvalue weighted by atomic mass is 32.2.